The van der Waals surface area contributed by atoms with Gasteiger partial charge in [-0.1, -0.05) is 23.8 Å². The Kier molecular flexibility index (Phi) is 5.63. The fourth-order valence-corrected chi connectivity index (χ4v) is 3.45. The van der Waals surface area contributed by atoms with Crippen molar-refractivity contribution >= 4 is 18.1 Å². The number of hydrogen-bond acceptors (Lipinski definition) is 4. The standard InChI is InChI=1S/C21H20FN3O3/c1-14-6-9-21(20(27)28,18(12-14)16-2-4-17(22)5-3-16)19(26)25-24-13-15-7-10-23-11-8-15/h2-8,10-11,13,18H,9,12H2,1H3,(H,25,26)(H,27,28). The topological polar surface area (TPSA) is 91.6 Å². The number of hydrogen-bond donors (Lipinski definition) is 2. The van der Waals surface area contributed by atoms with E-state index in [-0.39, 0.29) is 6.42 Å². The number of halogens is 1. The highest BCUT2D eigenvalue weighted by atomic mass is 19.1. The number of benzene rings is 1. The van der Waals surface area contributed by atoms with E-state index in [4.69, 9.17) is 0 Å². The highest BCUT2D eigenvalue weighted by molar-refractivity contribution is 6.03. The van der Waals surface area contributed by atoms with E-state index in [9.17, 15) is 19.1 Å². The van der Waals surface area contributed by atoms with Crippen LogP contribution in [0.15, 0.2) is 65.5 Å². The Morgan fingerprint density at radius 1 is 1.25 bits per heavy atom. The molecule has 0 bridgehead atoms. The first-order valence-electron chi connectivity index (χ1n) is 8.81. The zero-order valence-corrected chi connectivity index (χ0v) is 15.3. The fraction of sp³-hybridized carbons (Fsp3) is 0.238. The number of carbonyl (C=O) groups excluding carboxylic acids is 1. The van der Waals surface area contributed by atoms with Crippen molar-refractivity contribution in [1.29, 1.82) is 0 Å². The fourth-order valence-electron chi connectivity index (χ4n) is 3.45. The lowest BCUT2D eigenvalue weighted by atomic mass is 9.64. The third kappa shape index (κ3) is 3.83. The molecule has 2 aromatic rings. The third-order valence-electron chi connectivity index (χ3n) is 5.04. The first kappa shape index (κ1) is 19.4. The number of amides is 1. The van der Waals surface area contributed by atoms with Crippen LogP contribution in [0, 0.1) is 11.2 Å². The number of carboxylic acid groups (broad SMARTS) is 1. The first-order valence-corrected chi connectivity index (χ1v) is 8.81. The SMILES string of the molecule is CC1=CCC(C(=O)O)(C(=O)NN=Cc2ccncc2)C(c2ccc(F)cc2)C1. The summed E-state index contributed by atoms with van der Waals surface area (Å²) in [4.78, 5) is 29.2. The van der Waals surface area contributed by atoms with Gasteiger partial charge in [0.05, 0.1) is 6.21 Å². The summed E-state index contributed by atoms with van der Waals surface area (Å²) >= 11 is 0. The van der Waals surface area contributed by atoms with Gasteiger partial charge in [0.1, 0.15) is 5.82 Å². The highest BCUT2D eigenvalue weighted by Crippen LogP contribution is 2.47. The highest BCUT2D eigenvalue weighted by Gasteiger charge is 2.53. The van der Waals surface area contributed by atoms with Crippen LogP contribution in [-0.4, -0.2) is 28.2 Å². The summed E-state index contributed by atoms with van der Waals surface area (Å²) in [7, 11) is 0. The average Bonchev–Trinajstić information content (AvgIpc) is 2.69. The molecule has 0 fully saturated rings. The van der Waals surface area contributed by atoms with E-state index in [2.05, 4.69) is 15.5 Å². The summed E-state index contributed by atoms with van der Waals surface area (Å²) in [5.74, 6) is -2.99. The maximum atomic E-state index is 13.3. The largest absolute Gasteiger partial charge is 0.480 e. The van der Waals surface area contributed by atoms with Crippen LogP contribution in [0.25, 0.3) is 0 Å². The number of aromatic nitrogens is 1. The van der Waals surface area contributed by atoms with E-state index in [1.54, 1.807) is 30.6 Å². The van der Waals surface area contributed by atoms with E-state index < -0.39 is 29.0 Å². The van der Waals surface area contributed by atoms with Gasteiger partial charge in [0.2, 0.25) is 0 Å². The van der Waals surface area contributed by atoms with Crippen LogP contribution in [0.5, 0.6) is 0 Å². The van der Waals surface area contributed by atoms with Crippen LogP contribution in [0.3, 0.4) is 0 Å². The van der Waals surface area contributed by atoms with Crippen LogP contribution in [0.2, 0.25) is 0 Å². The van der Waals surface area contributed by atoms with Crippen LogP contribution < -0.4 is 5.43 Å². The Labute approximate surface area is 161 Å². The monoisotopic (exact) mass is 381 g/mol. The molecule has 0 spiro atoms. The summed E-state index contributed by atoms with van der Waals surface area (Å²) in [6.45, 7) is 1.89. The number of hydrazone groups is 1. The van der Waals surface area contributed by atoms with Crippen molar-refractivity contribution in [3.05, 3.63) is 77.4 Å². The molecule has 3 rings (SSSR count). The molecule has 2 atom stereocenters. The second kappa shape index (κ2) is 8.12. The van der Waals surface area contributed by atoms with Gasteiger partial charge in [0.15, 0.2) is 5.41 Å². The lowest BCUT2D eigenvalue weighted by Gasteiger charge is -2.38. The van der Waals surface area contributed by atoms with Crippen molar-refractivity contribution in [2.45, 2.75) is 25.7 Å². The zero-order chi connectivity index (χ0) is 20.1. The van der Waals surface area contributed by atoms with Crippen molar-refractivity contribution in [1.82, 2.24) is 10.4 Å². The van der Waals surface area contributed by atoms with Gasteiger partial charge in [0.25, 0.3) is 5.91 Å². The molecule has 2 N–H and O–H groups in total. The number of rotatable bonds is 5. The first-order chi connectivity index (χ1) is 13.4. The van der Waals surface area contributed by atoms with Crippen molar-refractivity contribution in [2.24, 2.45) is 10.5 Å². The van der Waals surface area contributed by atoms with E-state index in [1.165, 1.54) is 30.5 Å². The van der Waals surface area contributed by atoms with Crippen LogP contribution in [0.1, 0.15) is 36.8 Å². The van der Waals surface area contributed by atoms with E-state index in [0.29, 0.717) is 17.5 Å². The predicted octanol–water partition coefficient (Wildman–Crippen LogP) is 3.27. The van der Waals surface area contributed by atoms with Gasteiger partial charge >= 0.3 is 5.97 Å². The molecule has 28 heavy (non-hydrogen) atoms. The number of allylic oxidation sites excluding steroid dienone is 2. The summed E-state index contributed by atoms with van der Waals surface area (Å²) in [6, 6.07) is 9.02. The molecule has 1 aliphatic rings. The van der Waals surface area contributed by atoms with Crippen LogP contribution >= 0.6 is 0 Å². The van der Waals surface area contributed by atoms with Gasteiger partial charge in [-0.05, 0) is 55.2 Å². The Morgan fingerprint density at radius 3 is 2.57 bits per heavy atom. The molecule has 0 aliphatic heterocycles. The summed E-state index contributed by atoms with van der Waals surface area (Å²) in [5, 5.41) is 13.9. The maximum Gasteiger partial charge on any atom is 0.320 e. The Balaban J connectivity index is 1.93. The number of carbonyl (C=O) groups is 2. The Bertz CT molecular complexity index is 926. The third-order valence-corrected chi connectivity index (χ3v) is 5.04. The lowest BCUT2D eigenvalue weighted by molar-refractivity contribution is -0.158. The van der Waals surface area contributed by atoms with Crippen molar-refractivity contribution in [3.63, 3.8) is 0 Å². The number of aliphatic carboxylic acids is 1. The molecule has 7 heteroatoms. The predicted molar refractivity (Wildman–Crippen MR) is 102 cm³/mol. The smallest absolute Gasteiger partial charge is 0.320 e. The van der Waals surface area contributed by atoms with E-state index >= 15 is 0 Å². The molecule has 0 radical (unpaired) electrons. The molecule has 2 unspecified atom stereocenters. The molecule has 1 aromatic heterocycles. The summed E-state index contributed by atoms with van der Waals surface area (Å²) < 4.78 is 13.3. The Hall–Kier alpha value is -3.35. The Morgan fingerprint density at radius 2 is 1.93 bits per heavy atom. The minimum Gasteiger partial charge on any atom is -0.480 e. The van der Waals surface area contributed by atoms with Crippen molar-refractivity contribution in [2.75, 3.05) is 0 Å². The van der Waals surface area contributed by atoms with Gasteiger partial charge < -0.3 is 5.11 Å². The zero-order valence-electron chi connectivity index (χ0n) is 15.3. The van der Waals surface area contributed by atoms with E-state index in [0.717, 1.165) is 5.57 Å². The lowest BCUT2D eigenvalue weighted by Crippen LogP contribution is -2.50. The molecule has 1 aromatic carbocycles. The van der Waals surface area contributed by atoms with Crippen molar-refractivity contribution < 1.29 is 19.1 Å². The van der Waals surface area contributed by atoms with Gasteiger partial charge in [-0.2, -0.15) is 5.10 Å². The minimum atomic E-state index is -1.73. The summed E-state index contributed by atoms with van der Waals surface area (Å²) in [6.07, 6.45) is 6.78. The quantitative estimate of drug-likeness (QED) is 0.360. The van der Waals surface area contributed by atoms with E-state index in [1.807, 2.05) is 6.92 Å². The average molecular weight is 381 g/mol. The second-order valence-corrected chi connectivity index (χ2v) is 6.82. The maximum absolute atomic E-state index is 13.3. The minimum absolute atomic E-state index is 0.0345. The molecular weight excluding hydrogens is 361 g/mol. The van der Waals surface area contributed by atoms with Gasteiger partial charge in [-0.15, -0.1) is 0 Å². The van der Waals surface area contributed by atoms with Gasteiger partial charge in [0, 0.05) is 18.3 Å². The second-order valence-electron chi connectivity index (χ2n) is 6.82. The number of pyridine rings is 1. The molecule has 1 amide bonds. The number of nitrogens with zero attached hydrogens (tertiary/aromatic N) is 2. The molecule has 1 heterocycles. The molecule has 144 valence electrons. The van der Waals surface area contributed by atoms with Crippen LogP contribution in [-0.2, 0) is 9.59 Å². The number of nitrogens with one attached hydrogen (secondary N) is 1. The molecule has 6 nitrogen and oxygen atoms in total. The normalized spacial score (nSPS) is 21.9. The molecule has 1 aliphatic carbocycles. The molecule has 0 saturated heterocycles. The van der Waals surface area contributed by atoms with Crippen molar-refractivity contribution in [3.8, 4) is 0 Å². The van der Waals surface area contributed by atoms with Gasteiger partial charge in [-0.3, -0.25) is 14.6 Å². The molecular formula is C21H20FN3O3. The number of carboxylic acids is 1. The van der Waals surface area contributed by atoms with Crippen LogP contribution in [0.4, 0.5) is 4.39 Å². The summed E-state index contributed by atoms with van der Waals surface area (Å²) in [5.41, 5.74) is 2.95. The molecule has 0 saturated carbocycles. The van der Waals surface area contributed by atoms with Gasteiger partial charge in [-0.25, -0.2) is 9.82 Å².